The molecule has 1 aliphatic heterocycles. The third-order valence-electron chi connectivity index (χ3n) is 4.45. The highest BCUT2D eigenvalue weighted by atomic mass is 35.5. The van der Waals surface area contributed by atoms with Gasteiger partial charge in [0.15, 0.2) is 6.10 Å². The average molecular weight is 404 g/mol. The normalized spacial score (nSPS) is 17.0. The van der Waals surface area contributed by atoms with Crippen molar-refractivity contribution in [1.29, 1.82) is 0 Å². The van der Waals surface area contributed by atoms with E-state index in [2.05, 4.69) is 0 Å². The second kappa shape index (κ2) is 8.15. The number of halogens is 2. The topological polar surface area (TPSA) is 46.6 Å². The number of ether oxygens (including phenoxy) is 1. The predicted octanol–water partition coefficient (Wildman–Crippen LogP) is 4.92. The molecule has 0 aliphatic carbocycles. The van der Waals surface area contributed by atoms with Crippen LogP contribution in [0.5, 0.6) is 0 Å². The Labute approximate surface area is 168 Å². The Kier molecular flexibility index (Phi) is 5.88. The summed E-state index contributed by atoms with van der Waals surface area (Å²) in [5, 5.41) is 0.942. The Morgan fingerprint density at radius 1 is 1.22 bits per heavy atom. The minimum Gasteiger partial charge on any atom is -0.449 e. The van der Waals surface area contributed by atoms with Gasteiger partial charge in [0.25, 0.3) is 5.91 Å². The Balaban J connectivity index is 1.66. The molecule has 0 aromatic heterocycles. The van der Waals surface area contributed by atoms with Crippen LogP contribution in [-0.2, 0) is 20.7 Å². The lowest BCUT2D eigenvalue weighted by Crippen LogP contribution is -2.43. The summed E-state index contributed by atoms with van der Waals surface area (Å²) in [6, 6.07) is 12.8. The van der Waals surface area contributed by atoms with Crippen LogP contribution in [0.1, 0.15) is 25.0 Å². The van der Waals surface area contributed by atoms with Crippen molar-refractivity contribution in [3.63, 3.8) is 0 Å². The van der Waals surface area contributed by atoms with Crippen molar-refractivity contribution in [2.75, 3.05) is 4.90 Å². The number of amides is 1. The van der Waals surface area contributed by atoms with Gasteiger partial charge in [0.1, 0.15) is 0 Å². The smallest absolute Gasteiger partial charge is 0.331 e. The van der Waals surface area contributed by atoms with Crippen molar-refractivity contribution in [3.8, 4) is 0 Å². The standard InChI is InChI=1S/C21H19Cl2NO3/c1-13-11-16-5-3-4-6-19(16)24(13)21(26)14(2)27-20(25)10-8-15-7-9-17(22)12-18(15)23/h3-10,12-14H,11H2,1-2H3/b10-8+/t13-,14-/m1/s1. The van der Waals surface area contributed by atoms with E-state index in [4.69, 9.17) is 27.9 Å². The quantitative estimate of drug-likeness (QED) is 0.537. The zero-order chi connectivity index (χ0) is 19.6. The van der Waals surface area contributed by atoms with E-state index in [1.54, 1.807) is 30.0 Å². The number of esters is 1. The van der Waals surface area contributed by atoms with Crippen LogP contribution in [0.15, 0.2) is 48.5 Å². The van der Waals surface area contributed by atoms with Crippen LogP contribution in [0.3, 0.4) is 0 Å². The molecule has 0 saturated carbocycles. The number of anilines is 1. The molecule has 0 N–H and O–H groups in total. The third kappa shape index (κ3) is 4.34. The minimum atomic E-state index is -0.892. The van der Waals surface area contributed by atoms with Crippen LogP contribution in [0.4, 0.5) is 5.69 Å². The maximum Gasteiger partial charge on any atom is 0.331 e. The molecule has 1 amide bonds. The number of hydrogen-bond donors (Lipinski definition) is 0. The van der Waals surface area contributed by atoms with E-state index in [9.17, 15) is 9.59 Å². The first-order valence-electron chi connectivity index (χ1n) is 8.61. The van der Waals surface area contributed by atoms with Crippen molar-refractivity contribution < 1.29 is 14.3 Å². The van der Waals surface area contributed by atoms with E-state index in [0.717, 1.165) is 17.7 Å². The SMILES string of the molecule is C[C@@H]1Cc2ccccc2N1C(=O)[C@@H](C)OC(=O)/C=C/c1ccc(Cl)cc1Cl. The van der Waals surface area contributed by atoms with Gasteiger partial charge in [0, 0.05) is 27.9 Å². The fourth-order valence-electron chi connectivity index (χ4n) is 3.16. The van der Waals surface area contributed by atoms with Gasteiger partial charge in [-0.3, -0.25) is 4.79 Å². The summed E-state index contributed by atoms with van der Waals surface area (Å²) in [7, 11) is 0. The van der Waals surface area contributed by atoms with Gasteiger partial charge in [-0.05, 0) is 55.7 Å². The van der Waals surface area contributed by atoms with E-state index < -0.39 is 12.1 Å². The lowest BCUT2D eigenvalue weighted by atomic mass is 10.1. The maximum atomic E-state index is 12.8. The fourth-order valence-corrected chi connectivity index (χ4v) is 3.63. The molecular formula is C21H19Cl2NO3. The van der Waals surface area contributed by atoms with Gasteiger partial charge >= 0.3 is 5.97 Å². The summed E-state index contributed by atoms with van der Waals surface area (Å²) in [5.41, 5.74) is 2.63. The number of carbonyl (C=O) groups is 2. The van der Waals surface area contributed by atoms with Crippen LogP contribution >= 0.6 is 23.2 Å². The fraction of sp³-hybridized carbons (Fsp3) is 0.238. The first kappa shape index (κ1) is 19.5. The van der Waals surface area contributed by atoms with Gasteiger partial charge in [-0.15, -0.1) is 0 Å². The van der Waals surface area contributed by atoms with Crippen molar-refractivity contribution in [3.05, 3.63) is 69.7 Å². The molecule has 27 heavy (non-hydrogen) atoms. The number of rotatable bonds is 4. The van der Waals surface area contributed by atoms with Crippen molar-refractivity contribution in [1.82, 2.24) is 0 Å². The van der Waals surface area contributed by atoms with Crippen LogP contribution in [-0.4, -0.2) is 24.0 Å². The molecule has 2 atom stereocenters. The van der Waals surface area contributed by atoms with E-state index in [1.807, 2.05) is 31.2 Å². The monoisotopic (exact) mass is 403 g/mol. The van der Waals surface area contributed by atoms with Crippen molar-refractivity contribution >= 4 is 46.8 Å². The van der Waals surface area contributed by atoms with Gasteiger partial charge in [0.05, 0.1) is 0 Å². The highest BCUT2D eigenvalue weighted by Gasteiger charge is 2.34. The van der Waals surface area contributed by atoms with E-state index >= 15 is 0 Å². The van der Waals surface area contributed by atoms with Crippen LogP contribution < -0.4 is 4.90 Å². The zero-order valence-corrected chi connectivity index (χ0v) is 16.5. The number of nitrogens with zero attached hydrogens (tertiary/aromatic N) is 1. The van der Waals surface area contributed by atoms with Gasteiger partial charge in [-0.25, -0.2) is 4.79 Å². The molecule has 1 aliphatic rings. The highest BCUT2D eigenvalue weighted by Crippen LogP contribution is 2.32. The van der Waals surface area contributed by atoms with Gasteiger partial charge in [-0.1, -0.05) is 47.5 Å². The molecule has 0 spiro atoms. The average Bonchev–Trinajstić information content (AvgIpc) is 2.96. The largest absolute Gasteiger partial charge is 0.449 e. The molecule has 4 nitrogen and oxygen atoms in total. The number of benzene rings is 2. The molecule has 2 aromatic rings. The molecule has 0 saturated heterocycles. The van der Waals surface area contributed by atoms with Gasteiger partial charge < -0.3 is 9.64 Å². The van der Waals surface area contributed by atoms with E-state index in [1.165, 1.54) is 12.2 Å². The van der Waals surface area contributed by atoms with E-state index in [0.29, 0.717) is 15.6 Å². The highest BCUT2D eigenvalue weighted by molar-refractivity contribution is 6.35. The van der Waals surface area contributed by atoms with Gasteiger partial charge in [-0.2, -0.15) is 0 Å². The number of hydrogen-bond acceptors (Lipinski definition) is 3. The lowest BCUT2D eigenvalue weighted by Gasteiger charge is -2.25. The van der Waals surface area contributed by atoms with Crippen LogP contribution in [0, 0.1) is 0 Å². The lowest BCUT2D eigenvalue weighted by molar-refractivity contribution is -0.149. The Hall–Kier alpha value is -2.30. The number of carbonyl (C=O) groups excluding carboxylic acids is 2. The molecule has 0 radical (unpaired) electrons. The zero-order valence-electron chi connectivity index (χ0n) is 15.0. The second-order valence-electron chi connectivity index (χ2n) is 6.47. The minimum absolute atomic E-state index is 0.0273. The van der Waals surface area contributed by atoms with Crippen LogP contribution in [0.25, 0.3) is 6.08 Å². The molecule has 0 bridgehead atoms. The third-order valence-corrected chi connectivity index (χ3v) is 5.01. The molecule has 0 unspecified atom stereocenters. The summed E-state index contributed by atoms with van der Waals surface area (Å²) in [4.78, 5) is 26.6. The molecular weight excluding hydrogens is 385 g/mol. The number of fused-ring (bicyclic) bond motifs is 1. The molecule has 0 fully saturated rings. The number of para-hydroxylation sites is 1. The van der Waals surface area contributed by atoms with Crippen molar-refractivity contribution in [2.24, 2.45) is 0 Å². The van der Waals surface area contributed by atoms with E-state index in [-0.39, 0.29) is 11.9 Å². The molecule has 3 rings (SSSR count). The second-order valence-corrected chi connectivity index (χ2v) is 7.31. The first-order chi connectivity index (χ1) is 12.9. The summed E-state index contributed by atoms with van der Waals surface area (Å²) in [5.74, 6) is -0.847. The maximum absolute atomic E-state index is 12.8. The van der Waals surface area contributed by atoms with Crippen molar-refractivity contribution in [2.45, 2.75) is 32.4 Å². The molecule has 1 heterocycles. The Morgan fingerprint density at radius 2 is 1.96 bits per heavy atom. The Morgan fingerprint density at radius 3 is 2.70 bits per heavy atom. The van der Waals surface area contributed by atoms with Gasteiger partial charge in [0.2, 0.25) is 0 Å². The molecule has 2 aromatic carbocycles. The molecule has 140 valence electrons. The first-order valence-corrected chi connectivity index (χ1v) is 9.37. The summed E-state index contributed by atoms with van der Waals surface area (Å²) >= 11 is 11.9. The summed E-state index contributed by atoms with van der Waals surface area (Å²) < 4.78 is 5.29. The summed E-state index contributed by atoms with van der Waals surface area (Å²) in [6.07, 6.45) is 2.68. The summed E-state index contributed by atoms with van der Waals surface area (Å²) in [6.45, 7) is 3.56. The Bertz CT molecular complexity index is 910. The molecule has 6 heteroatoms. The van der Waals surface area contributed by atoms with Crippen LogP contribution in [0.2, 0.25) is 10.0 Å². The predicted molar refractivity (Wildman–Crippen MR) is 108 cm³/mol.